The van der Waals surface area contributed by atoms with Crippen LogP contribution in [-0.2, 0) is 0 Å². The van der Waals surface area contributed by atoms with E-state index in [4.69, 9.17) is 11.6 Å². The van der Waals surface area contributed by atoms with Crippen molar-refractivity contribution < 1.29 is 0 Å². The van der Waals surface area contributed by atoms with E-state index >= 15 is 0 Å². The van der Waals surface area contributed by atoms with Crippen molar-refractivity contribution in [2.75, 3.05) is 0 Å². The van der Waals surface area contributed by atoms with E-state index in [0.29, 0.717) is 5.15 Å². The van der Waals surface area contributed by atoms with Crippen molar-refractivity contribution in [1.82, 2.24) is 4.98 Å². The van der Waals surface area contributed by atoms with E-state index in [9.17, 15) is 0 Å². The summed E-state index contributed by atoms with van der Waals surface area (Å²) in [6, 6.07) is 5.98. The Hall–Kier alpha value is 0.130. The molecule has 0 amide bonds. The fraction of sp³-hybridized carbons (Fsp3) is 0. The molecule has 0 saturated heterocycles. The van der Waals surface area contributed by atoms with E-state index in [1.54, 1.807) is 6.20 Å². The molecule has 0 atom stereocenters. The summed E-state index contributed by atoms with van der Waals surface area (Å²) in [6.07, 6.45) is 1.78. The molecule has 1 nitrogen and oxygen atoms in total. The van der Waals surface area contributed by atoms with Gasteiger partial charge in [-0.3, -0.25) is 0 Å². The fourth-order valence-corrected chi connectivity index (χ4v) is 2.31. The zero-order chi connectivity index (χ0) is 9.42. The minimum Gasteiger partial charge on any atom is -0.243 e. The Balaban J connectivity index is 2.92. The number of fused-ring (bicyclic) bond motifs is 1. The number of nitrogens with zero attached hydrogens (tertiary/aromatic N) is 1. The molecular formula is C9H4BrClIN. The average molecular weight is 368 g/mol. The first kappa shape index (κ1) is 9.68. The van der Waals surface area contributed by atoms with Gasteiger partial charge in [0.2, 0.25) is 0 Å². The van der Waals surface area contributed by atoms with Crippen LogP contribution in [0.3, 0.4) is 0 Å². The maximum absolute atomic E-state index is 5.95. The number of hydrogen-bond donors (Lipinski definition) is 0. The van der Waals surface area contributed by atoms with Crippen LogP contribution in [0.5, 0.6) is 0 Å². The fourth-order valence-electron chi connectivity index (χ4n) is 1.15. The Bertz CT molecular complexity index is 472. The molecule has 0 radical (unpaired) electrons. The van der Waals surface area contributed by atoms with Crippen LogP contribution >= 0.6 is 50.1 Å². The molecule has 0 saturated carbocycles. The zero-order valence-corrected chi connectivity index (χ0v) is 10.9. The second kappa shape index (κ2) is 3.71. The largest absolute Gasteiger partial charge is 0.243 e. The molecule has 0 aliphatic carbocycles. The number of rotatable bonds is 0. The number of aromatic nitrogens is 1. The van der Waals surface area contributed by atoms with Crippen LogP contribution in [0, 0.1) is 3.57 Å². The lowest BCUT2D eigenvalue weighted by Crippen LogP contribution is -1.83. The first-order chi connectivity index (χ1) is 6.18. The van der Waals surface area contributed by atoms with Crippen molar-refractivity contribution in [3.8, 4) is 0 Å². The van der Waals surface area contributed by atoms with Crippen LogP contribution in [0.4, 0.5) is 0 Å². The Morgan fingerprint density at radius 2 is 2.08 bits per heavy atom. The Labute approximate surface area is 103 Å². The van der Waals surface area contributed by atoms with Gasteiger partial charge in [-0.25, -0.2) is 4.98 Å². The van der Waals surface area contributed by atoms with Gasteiger partial charge in [0.05, 0.1) is 0 Å². The molecule has 13 heavy (non-hydrogen) atoms. The monoisotopic (exact) mass is 367 g/mol. The Morgan fingerprint density at radius 1 is 1.31 bits per heavy atom. The number of hydrogen-bond acceptors (Lipinski definition) is 1. The highest BCUT2D eigenvalue weighted by Gasteiger charge is 2.03. The summed E-state index contributed by atoms with van der Waals surface area (Å²) in [5, 5.41) is 2.69. The number of benzene rings is 1. The van der Waals surface area contributed by atoms with Crippen molar-refractivity contribution in [3.63, 3.8) is 0 Å². The van der Waals surface area contributed by atoms with Gasteiger partial charge >= 0.3 is 0 Å². The molecule has 1 aromatic heterocycles. The van der Waals surface area contributed by atoms with Gasteiger partial charge in [0.1, 0.15) is 5.15 Å². The third-order valence-corrected chi connectivity index (χ3v) is 3.41. The topological polar surface area (TPSA) is 12.9 Å². The van der Waals surface area contributed by atoms with E-state index in [1.807, 2.05) is 18.2 Å². The molecule has 2 rings (SSSR count). The summed E-state index contributed by atoms with van der Waals surface area (Å²) in [5.74, 6) is 0. The highest BCUT2D eigenvalue weighted by Crippen LogP contribution is 2.27. The molecule has 0 spiro atoms. The van der Waals surface area contributed by atoms with Crippen LogP contribution < -0.4 is 0 Å². The standard InChI is InChI=1S/C9H4BrClIN/c10-5-1-2-6-7(3-5)8(12)4-13-9(6)11/h1-4H. The average Bonchev–Trinajstić information content (AvgIpc) is 2.12. The van der Waals surface area contributed by atoms with Crippen LogP contribution in [0.2, 0.25) is 5.15 Å². The SMILES string of the molecule is Clc1ncc(I)c2cc(Br)ccc12. The summed E-state index contributed by atoms with van der Waals surface area (Å²) in [7, 11) is 0. The lowest BCUT2D eigenvalue weighted by Gasteiger charge is -2.02. The number of pyridine rings is 1. The minimum absolute atomic E-state index is 0.558. The molecule has 2 aromatic rings. The van der Waals surface area contributed by atoms with E-state index < -0.39 is 0 Å². The smallest absolute Gasteiger partial charge is 0.136 e. The molecular weight excluding hydrogens is 364 g/mol. The predicted molar refractivity (Wildman–Crippen MR) is 67.2 cm³/mol. The van der Waals surface area contributed by atoms with Crippen molar-refractivity contribution in [2.24, 2.45) is 0 Å². The summed E-state index contributed by atoms with van der Waals surface area (Å²) >= 11 is 11.6. The number of halogens is 3. The second-order valence-corrected chi connectivity index (χ2v) is 5.02. The van der Waals surface area contributed by atoms with Crippen molar-refractivity contribution in [3.05, 3.63) is 37.6 Å². The maximum atomic E-state index is 5.95. The van der Waals surface area contributed by atoms with E-state index in [2.05, 4.69) is 43.5 Å². The molecule has 4 heteroatoms. The van der Waals surface area contributed by atoms with Gasteiger partial charge in [0.15, 0.2) is 0 Å². The third-order valence-electron chi connectivity index (χ3n) is 1.75. The van der Waals surface area contributed by atoms with Gasteiger partial charge < -0.3 is 0 Å². The molecule has 1 aromatic carbocycles. The molecule has 0 aliphatic heterocycles. The summed E-state index contributed by atoms with van der Waals surface area (Å²) in [6.45, 7) is 0. The predicted octanol–water partition coefficient (Wildman–Crippen LogP) is 4.26. The molecule has 0 fully saturated rings. The summed E-state index contributed by atoms with van der Waals surface area (Å²) in [4.78, 5) is 4.08. The molecule has 1 heterocycles. The van der Waals surface area contributed by atoms with Crippen molar-refractivity contribution in [2.45, 2.75) is 0 Å². The highest BCUT2D eigenvalue weighted by atomic mass is 127. The quantitative estimate of drug-likeness (QED) is 0.500. The Kier molecular flexibility index (Phi) is 2.76. The zero-order valence-electron chi connectivity index (χ0n) is 6.39. The normalized spacial score (nSPS) is 10.7. The Morgan fingerprint density at radius 3 is 2.85 bits per heavy atom. The lowest BCUT2D eigenvalue weighted by atomic mass is 10.2. The molecule has 66 valence electrons. The molecule has 0 unspecified atom stereocenters. The second-order valence-electron chi connectivity index (χ2n) is 2.59. The van der Waals surface area contributed by atoms with Gasteiger partial charge in [-0.05, 0) is 34.7 Å². The third kappa shape index (κ3) is 1.82. The molecule has 0 aliphatic rings. The van der Waals surface area contributed by atoms with Crippen LogP contribution in [0.1, 0.15) is 0 Å². The first-order valence-corrected chi connectivity index (χ1v) is 5.83. The summed E-state index contributed by atoms with van der Waals surface area (Å²) < 4.78 is 2.17. The summed E-state index contributed by atoms with van der Waals surface area (Å²) in [5.41, 5.74) is 0. The van der Waals surface area contributed by atoms with Gasteiger partial charge in [-0.2, -0.15) is 0 Å². The lowest BCUT2D eigenvalue weighted by molar-refractivity contribution is 1.34. The minimum atomic E-state index is 0.558. The highest BCUT2D eigenvalue weighted by molar-refractivity contribution is 14.1. The van der Waals surface area contributed by atoms with Gasteiger partial charge in [-0.1, -0.05) is 33.6 Å². The van der Waals surface area contributed by atoms with Crippen LogP contribution in [-0.4, -0.2) is 4.98 Å². The van der Waals surface area contributed by atoms with Gasteiger partial charge in [0.25, 0.3) is 0 Å². The van der Waals surface area contributed by atoms with E-state index in [-0.39, 0.29) is 0 Å². The van der Waals surface area contributed by atoms with Crippen LogP contribution in [0.25, 0.3) is 10.8 Å². The van der Waals surface area contributed by atoms with Gasteiger partial charge in [0, 0.05) is 25.0 Å². The first-order valence-electron chi connectivity index (χ1n) is 3.58. The van der Waals surface area contributed by atoms with E-state index in [1.165, 1.54) is 0 Å². The molecule has 0 bridgehead atoms. The van der Waals surface area contributed by atoms with Crippen molar-refractivity contribution in [1.29, 1.82) is 0 Å². The van der Waals surface area contributed by atoms with Crippen LogP contribution in [0.15, 0.2) is 28.9 Å². The van der Waals surface area contributed by atoms with Gasteiger partial charge in [-0.15, -0.1) is 0 Å². The maximum Gasteiger partial charge on any atom is 0.136 e. The van der Waals surface area contributed by atoms with E-state index in [0.717, 1.165) is 18.8 Å². The van der Waals surface area contributed by atoms with Crippen molar-refractivity contribution >= 4 is 60.9 Å². The molecule has 0 N–H and O–H groups in total.